The van der Waals surface area contributed by atoms with E-state index in [1.807, 2.05) is 0 Å². The highest BCUT2D eigenvalue weighted by Crippen LogP contribution is 2.14. The van der Waals surface area contributed by atoms with Crippen LogP contribution in [0.1, 0.15) is 31.7 Å². The third-order valence-corrected chi connectivity index (χ3v) is 5.38. The summed E-state index contributed by atoms with van der Waals surface area (Å²) < 4.78 is 10.5. The van der Waals surface area contributed by atoms with Crippen molar-refractivity contribution in [2.75, 3.05) is 20.3 Å². The van der Waals surface area contributed by atoms with Crippen LogP contribution in [0.5, 0.6) is 5.75 Å². The first kappa shape index (κ1) is 28.1. The van der Waals surface area contributed by atoms with Crippen LogP contribution < -0.4 is 37.1 Å². The zero-order valence-corrected chi connectivity index (χ0v) is 20.5. The van der Waals surface area contributed by atoms with E-state index in [4.69, 9.17) is 20.9 Å². The molecular weight excluding hydrogens is 468 g/mol. The number of guanidine groups is 1. The summed E-state index contributed by atoms with van der Waals surface area (Å²) >= 11 is 0. The van der Waals surface area contributed by atoms with Crippen LogP contribution >= 0.6 is 0 Å². The lowest BCUT2D eigenvalue weighted by atomic mass is 10.0. The molecule has 0 spiro atoms. The van der Waals surface area contributed by atoms with E-state index >= 15 is 0 Å². The number of nitrogens with one attached hydrogen (secondary N) is 4. The molecule has 2 heterocycles. The Hall–Kier alpha value is -4.09. The molecule has 36 heavy (non-hydrogen) atoms. The summed E-state index contributed by atoms with van der Waals surface area (Å²) in [5.74, 6) is -1.47. The Balaban J connectivity index is 2.34. The van der Waals surface area contributed by atoms with Crippen molar-refractivity contribution in [3.05, 3.63) is 42.0 Å². The van der Waals surface area contributed by atoms with Crippen LogP contribution in [0, 0.1) is 0 Å². The Morgan fingerprint density at radius 3 is 2.50 bits per heavy atom. The predicted molar refractivity (Wildman–Crippen MR) is 131 cm³/mol. The summed E-state index contributed by atoms with van der Waals surface area (Å²) in [5, 5.41) is 8.00. The molecule has 2 bridgehead atoms. The van der Waals surface area contributed by atoms with Crippen molar-refractivity contribution in [2.24, 2.45) is 11.5 Å². The van der Waals surface area contributed by atoms with E-state index in [0.717, 1.165) is 5.56 Å². The van der Waals surface area contributed by atoms with Crippen LogP contribution in [-0.4, -0.2) is 68.0 Å². The fourth-order valence-electron chi connectivity index (χ4n) is 3.57. The van der Waals surface area contributed by atoms with E-state index in [1.165, 1.54) is 14.0 Å². The van der Waals surface area contributed by atoms with Gasteiger partial charge in [0.15, 0.2) is 0 Å². The molecule has 12 heteroatoms. The summed E-state index contributed by atoms with van der Waals surface area (Å²) in [6.07, 6.45) is 4.46. The van der Waals surface area contributed by atoms with Gasteiger partial charge in [-0.2, -0.15) is 0 Å². The third kappa shape index (κ3) is 9.65. The van der Waals surface area contributed by atoms with Crippen LogP contribution in [0.25, 0.3) is 0 Å². The molecule has 0 radical (unpaired) electrons. The van der Waals surface area contributed by atoms with Crippen molar-refractivity contribution >= 4 is 29.7 Å². The van der Waals surface area contributed by atoms with Gasteiger partial charge in [0.2, 0.25) is 17.7 Å². The Labute approximate surface area is 209 Å². The van der Waals surface area contributed by atoms with Crippen LogP contribution in [-0.2, 0) is 30.3 Å². The first-order valence-electron chi connectivity index (χ1n) is 11.6. The van der Waals surface area contributed by atoms with Gasteiger partial charge in [0.25, 0.3) is 0 Å². The number of nitrogens with two attached hydrogens (primary N) is 2. The fraction of sp³-hybridized carbons (Fsp3) is 0.458. The van der Waals surface area contributed by atoms with Gasteiger partial charge in [0.05, 0.1) is 13.7 Å². The Morgan fingerprint density at radius 2 is 1.86 bits per heavy atom. The van der Waals surface area contributed by atoms with Gasteiger partial charge in [-0.25, -0.2) is 4.79 Å². The summed E-state index contributed by atoms with van der Waals surface area (Å²) in [6.45, 7) is 1.93. The molecule has 3 atom stereocenters. The van der Waals surface area contributed by atoms with E-state index in [9.17, 15) is 19.2 Å². The largest absolute Gasteiger partial charge is 0.490 e. The monoisotopic (exact) mass is 503 g/mol. The van der Waals surface area contributed by atoms with Gasteiger partial charge in [0.1, 0.15) is 30.5 Å². The van der Waals surface area contributed by atoms with Gasteiger partial charge in [-0.1, -0.05) is 24.3 Å². The van der Waals surface area contributed by atoms with Gasteiger partial charge in [-0.15, -0.1) is 0 Å². The van der Waals surface area contributed by atoms with E-state index in [1.54, 1.807) is 36.4 Å². The Bertz CT molecular complexity index is 974. The van der Waals surface area contributed by atoms with E-state index in [2.05, 4.69) is 20.9 Å². The minimum Gasteiger partial charge on any atom is -0.490 e. The molecule has 3 amide bonds. The molecule has 0 saturated carbocycles. The maximum Gasteiger partial charge on any atom is 0.338 e. The molecule has 3 rings (SSSR count). The maximum absolute atomic E-state index is 13.2. The average Bonchev–Trinajstić information content (AvgIpc) is 2.84. The second kappa shape index (κ2) is 14.3. The highest BCUT2D eigenvalue weighted by Gasteiger charge is 2.29. The molecular formula is C24H35N6O6+. The molecule has 8 N–H and O–H groups in total. The SMILES string of the molecule is COC(=O)[C@@H]1C/C=C\COc2ccc(cc2)C[C@H](NC(C)=O)C(=O)N[C@H](CCC[NH+]=C(N)N)C(=O)N1. The Morgan fingerprint density at radius 1 is 1.14 bits per heavy atom. The number of rotatable bonds is 6. The van der Waals surface area contributed by atoms with Crippen molar-refractivity contribution in [2.45, 2.75) is 50.7 Å². The van der Waals surface area contributed by atoms with Gasteiger partial charge >= 0.3 is 11.9 Å². The van der Waals surface area contributed by atoms with Crippen molar-refractivity contribution in [1.82, 2.24) is 16.0 Å². The van der Waals surface area contributed by atoms with Crippen LogP contribution in [0.2, 0.25) is 0 Å². The number of amides is 3. The molecule has 196 valence electrons. The number of carbonyl (C=O) groups excluding carboxylic acids is 4. The van der Waals surface area contributed by atoms with E-state index in [-0.39, 0.29) is 31.8 Å². The smallest absolute Gasteiger partial charge is 0.338 e. The van der Waals surface area contributed by atoms with Crippen LogP contribution in [0.3, 0.4) is 0 Å². The zero-order chi connectivity index (χ0) is 26.5. The molecule has 1 aromatic carbocycles. The number of ether oxygens (including phenoxy) is 2. The van der Waals surface area contributed by atoms with Gasteiger partial charge in [-0.05, 0) is 37.0 Å². The first-order valence-corrected chi connectivity index (χ1v) is 11.6. The summed E-state index contributed by atoms with van der Waals surface area (Å²) in [5.41, 5.74) is 11.6. The second-order valence-electron chi connectivity index (χ2n) is 8.29. The standard InChI is InChI=1S/C24H34N6O6/c1-15(31)28-20-14-16-8-10-17(11-9-16)36-13-4-3-6-19(23(34)35-2)30-21(32)18(29-22(20)33)7-5-12-27-24(25)26/h3-4,8-11,18-20H,5-7,12-14H2,1-2H3,(H,28,31)(H,29,33)(H,30,32)(H4,25,26,27)/p+1/b4-3-/t18-,19+,20+/m1/s1. The van der Waals surface area contributed by atoms with Gasteiger partial charge in [0, 0.05) is 13.3 Å². The zero-order valence-electron chi connectivity index (χ0n) is 20.5. The molecule has 2 aliphatic heterocycles. The highest BCUT2D eigenvalue weighted by atomic mass is 16.5. The number of esters is 1. The minimum atomic E-state index is -0.993. The summed E-state index contributed by atoms with van der Waals surface area (Å²) in [7, 11) is 1.23. The minimum absolute atomic E-state index is 0.0376. The molecule has 0 unspecified atom stereocenters. The number of hydrogen-bond donors (Lipinski definition) is 6. The number of hydrogen-bond acceptors (Lipinski definition) is 6. The molecule has 12 nitrogen and oxygen atoms in total. The third-order valence-electron chi connectivity index (χ3n) is 5.38. The van der Waals surface area contributed by atoms with Crippen LogP contribution in [0.15, 0.2) is 36.4 Å². The van der Waals surface area contributed by atoms with Crippen molar-refractivity contribution in [1.29, 1.82) is 0 Å². The molecule has 0 aliphatic carbocycles. The van der Waals surface area contributed by atoms with Crippen molar-refractivity contribution < 1.29 is 33.6 Å². The van der Waals surface area contributed by atoms with Gasteiger partial charge < -0.3 is 25.4 Å². The summed E-state index contributed by atoms with van der Waals surface area (Å²) in [6, 6.07) is 4.25. The maximum atomic E-state index is 13.2. The fourth-order valence-corrected chi connectivity index (χ4v) is 3.57. The van der Waals surface area contributed by atoms with E-state index in [0.29, 0.717) is 18.7 Å². The molecule has 0 fully saturated rings. The quantitative estimate of drug-likeness (QED) is 0.0798. The highest BCUT2D eigenvalue weighted by molar-refractivity contribution is 5.93. The topological polar surface area (TPSA) is 189 Å². The number of benzene rings is 1. The molecule has 2 aliphatic rings. The Kier molecular flexibility index (Phi) is 11.2. The lowest BCUT2D eigenvalue weighted by Crippen LogP contribution is -2.78. The number of fused-ring (bicyclic) bond motifs is 13. The number of methoxy groups -OCH3 is 1. The number of carbonyl (C=O) groups is 4. The normalized spacial score (nSPS) is 21.7. The van der Waals surface area contributed by atoms with Crippen LogP contribution in [0.4, 0.5) is 0 Å². The molecule has 1 aromatic rings. The average molecular weight is 504 g/mol. The lowest BCUT2D eigenvalue weighted by Gasteiger charge is -2.24. The van der Waals surface area contributed by atoms with Crippen molar-refractivity contribution in [3.63, 3.8) is 0 Å². The first-order chi connectivity index (χ1) is 17.2. The van der Waals surface area contributed by atoms with Gasteiger partial charge in [-0.3, -0.25) is 30.8 Å². The predicted octanol–water partition coefficient (Wildman–Crippen LogP) is -2.65. The van der Waals surface area contributed by atoms with Crippen molar-refractivity contribution in [3.8, 4) is 5.75 Å². The lowest BCUT2D eigenvalue weighted by molar-refractivity contribution is -0.459. The summed E-state index contributed by atoms with van der Waals surface area (Å²) in [4.78, 5) is 53.2. The van der Waals surface area contributed by atoms with E-state index < -0.39 is 41.8 Å². The second-order valence-corrected chi connectivity index (χ2v) is 8.29. The molecule has 0 aromatic heterocycles. The molecule has 0 saturated heterocycles.